The molecule has 0 aromatic heterocycles. The van der Waals surface area contributed by atoms with Crippen LogP contribution < -0.4 is 5.32 Å². The van der Waals surface area contributed by atoms with Crippen LogP contribution in [0.4, 0.5) is 0 Å². The molecule has 1 N–H and O–H groups in total. The Bertz CT molecular complexity index is 867. The highest BCUT2D eigenvalue weighted by atomic mass is 32.2. The second-order valence-electron chi connectivity index (χ2n) is 5.17. The first-order valence-corrected chi connectivity index (χ1v) is 8.60. The fourth-order valence-electron chi connectivity index (χ4n) is 2.13. The van der Waals surface area contributed by atoms with Gasteiger partial charge in [-0.05, 0) is 42.0 Å². The lowest BCUT2D eigenvalue weighted by atomic mass is 10.1. The molecule has 2 aromatic carbocycles. The summed E-state index contributed by atoms with van der Waals surface area (Å²) >= 11 is 0. The largest absolute Gasteiger partial charge is 0.355 e. The normalized spacial score (nSPS) is 11.1. The third-order valence-electron chi connectivity index (χ3n) is 3.54. The minimum atomic E-state index is -3.65. The van der Waals surface area contributed by atoms with Gasteiger partial charge < -0.3 is 5.32 Å². The number of nitriles is 1. The summed E-state index contributed by atoms with van der Waals surface area (Å²) in [6.45, 7) is 0.177. The molecular formula is C17H17N3O3S. The van der Waals surface area contributed by atoms with E-state index in [1.54, 1.807) is 31.3 Å². The van der Waals surface area contributed by atoms with Gasteiger partial charge in [-0.3, -0.25) is 4.79 Å². The molecule has 124 valence electrons. The predicted molar refractivity (Wildman–Crippen MR) is 89.6 cm³/mol. The molecule has 0 spiro atoms. The average molecular weight is 343 g/mol. The Hall–Kier alpha value is -2.69. The van der Waals surface area contributed by atoms with Gasteiger partial charge in [-0.1, -0.05) is 12.1 Å². The number of hydrogen-bond acceptors (Lipinski definition) is 4. The summed E-state index contributed by atoms with van der Waals surface area (Å²) in [4.78, 5) is 11.6. The molecule has 2 aromatic rings. The lowest BCUT2D eigenvalue weighted by Crippen LogP contribution is -2.26. The second kappa shape index (κ2) is 7.25. The lowest BCUT2D eigenvalue weighted by molar-refractivity contribution is 0.0963. The van der Waals surface area contributed by atoms with E-state index in [0.717, 1.165) is 5.56 Å². The molecule has 0 saturated heterocycles. The number of carbonyl (C=O) groups is 1. The minimum absolute atomic E-state index is 0.131. The van der Waals surface area contributed by atoms with Crippen molar-refractivity contribution in [2.45, 2.75) is 11.4 Å². The number of hydrogen-bond donors (Lipinski definition) is 1. The number of nitrogens with one attached hydrogen (secondary N) is 1. The Balaban J connectivity index is 2.16. The van der Waals surface area contributed by atoms with Gasteiger partial charge in [0.05, 0.1) is 16.5 Å². The van der Waals surface area contributed by atoms with Gasteiger partial charge in [-0.2, -0.15) is 9.57 Å². The van der Waals surface area contributed by atoms with E-state index < -0.39 is 10.0 Å². The monoisotopic (exact) mass is 343 g/mol. The molecule has 0 radical (unpaired) electrons. The molecule has 0 unspecified atom stereocenters. The van der Waals surface area contributed by atoms with Gasteiger partial charge in [0.1, 0.15) is 0 Å². The van der Waals surface area contributed by atoms with Crippen LogP contribution in [-0.4, -0.2) is 32.7 Å². The van der Waals surface area contributed by atoms with E-state index in [2.05, 4.69) is 5.32 Å². The van der Waals surface area contributed by atoms with E-state index in [1.807, 2.05) is 6.07 Å². The van der Waals surface area contributed by atoms with Crippen molar-refractivity contribution < 1.29 is 13.2 Å². The number of benzene rings is 2. The Morgan fingerprint density at radius 2 is 1.71 bits per heavy atom. The molecule has 0 heterocycles. The van der Waals surface area contributed by atoms with Crippen molar-refractivity contribution in [3.05, 3.63) is 65.2 Å². The van der Waals surface area contributed by atoms with E-state index in [0.29, 0.717) is 11.1 Å². The highest BCUT2D eigenvalue weighted by Crippen LogP contribution is 2.17. The molecule has 24 heavy (non-hydrogen) atoms. The molecule has 2 rings (SSSR count). The van der Waals surface area contributed by atoms with Gasteiger partial charge in [-0.15, -0.1) is 0 Å². The summed E-state index contributed by atoms with van der Waals surface area (Å²) in [5.41, 5.74) is 1.68. The smallest absolute Gasteiger partial charge is 0.251 e. The Kier molecular flexibility index (Phi) is 5.34. The number of sulfonamides is 1. The van der Waals surface area contributed by atoms with Crippen molar-refractivity contribution in [3.63, 3.8) is 0 Å². The first-order chi connectivity index (χ1) is 11.4. The molecule has 7 heteroatoms. The number of amides is 1. The first kappa shape index (κ1) is 17.7. The Labute approximate surface area is 141 Å². The van der Waals surface area contributed by atoms with Gasteiger partial charge in [0.25, 0.3) is 5.91 Å². The van der Waals surface area contributed by atoms with Crippen LogP contribution in [0.3, 0.4) is 0 Å². The maximum atomic E-state index is 12.5. The van der Waals surface area contributed by atoms with Gasteiger partial charge >= 0.3 is 0 Å². The minimum Gasteiger partial charge on any atom is -0.355 e. The summed E-state index contributed by atoms with van der Waals surface area (Å²) in [5, 5.41) is 11.3. The quantitative estimate of drug-likeness (QED) is 0.895. The van der Waals surface area contributed by atoms with E-state index in [-0.39, 0.29) is 17.3 Å². The highest BCUT2D eigenvalue weighted by molar-refractivity contribution is 7.89. The topological polar surface area (TPSA) is 90.3 Å². The van der Waals surface area contributed by atoms with Crippen LogP contribution in [0.2, 0.25) is 0 Å². The zero-order valence-electron chi connectivity index (χ0n) is 13.4. The average Bonchev–Trinajstić information content (AvgIpc) is 2.61. The van der Waals surface area contributed by atoms with E-state index in [4.69, 9.17) is 5.26 Å². The summed E-state index contributed by atoms with van der Waals surface area (Å²) in [5.74, 6) is -0.194. The molecule has 6 nitrogen and oxygen atoms in total. The van der Waals surface area contributed by atoms with Crippen molar-refractivity contribution in [2.24, 2.45) is 0 Å². The lowest BCUT2D eigenvalue weighted by Gasteiger charge is -2.17. The number of nitrogens with zero attached hydrogens (tertiary/aromatic N) is 2. The van der Waals surface area contributed by atoms with Crippen LogP contribution in [0.15, 0.2) is 53.4 Å². The molecule has 1 amide bonds. The van der Waals surface area contributed by atoms with E-state index in [1.165, 1.54) is 35.6 Å². The van der Waals surface area contributed by atoms with Crippen molar-refractivity contribution in [3.8, 4) is 6.07 Å². The summed E-state index contributed by atoms with van der Waals surface area (Å²) < 4.78 is 26.3. The van der Waals surface area contributed by atoms with Crippen LogP contribution in [-0.2, 0) is 16.6 Å². The molecule has 0 aliphatic carbocycles. The van der Waals surface area contributed by atoms with Crippen LogP contribution in [0.25, 0.3) is 0 Å². The standard InChI is InChI=1S/C17H17N3O3S/c1-19-17(21)15-7-3-14(4-8-15)12-20(2)24(22,23)16-9-5-13(11-18)6-10-16/h3-10H,12H2,1-2H3,(H,19,21). The Morgan fingerprint density at radius 1 is 1.12 bits per heavy atom. The third kappa shape index (κ3) is 3.79. The molecule has 0 bridgehead atoms. The highest BCUT2D eigenvalue weighted by Gasteiger charge is 2.20. The zero-order valence-corrected chi connectivity index (χ0v) is 14.2. The number of carbonyl (C=O) groups excluding carboxylic acids is 1. The van der Waals surface area contributed by atoms with Crippen LogP contribution in [0, 0.1) is 11.3 Å². The third-order valence-corrected chi connectivity index (χ3v) is 5.36. The summed E-state index contributed by atoms with van der Waals surface area (Å²) in [6.07, 6.45) is 0. The molecular weight excluding hydrogens is 326 g/mol. The van der Waals surface area contributed by atoms with Crippen molar-refractivity contribution in [1.29, 1.82) is 5.26 Å². The van der Waals surface area contributed by atoms with Crippen molar-refractivity contribution >= 4 is 15.9 Å². The second-order valence-corrected chi connectivity index (χ2v) is 7.22. The van der Waals surface area contributed by atoms with Crippen LogP contribution in [0.1, 0.15) is 21.5 Å². The Morgan fingerprint density at radius 3 is 2.21 bits per heavy atom. The molecule has 0 saturated carbocycles. The van der Waals surface area contributed by atoms with Gasteiger partial charge in [0.2, 0.25) is 10.0 Å². The van der Waals surface area contributed by atoms with E-state index in [9.17, 15) is 13.2 Å². The number of rotatable bonds is 5. The van der Waals surface area contributed by atoms with Crippen molar-refractivity contribution in [2.75, 3.05) is 14.1 Å². The summed E-state index contributed by atoms with van der Waals surface area (Å²) in [7, 11) is -0.613. The van der Waals surface area contributed by atoms with Gasteiger partial charge in [0.15, 0.2) is 0 Å². The molecule has 0 aliphatic rings. The van der Waals surface area contributed by atoms with Gasteiger partial charge in [0, 0.05) is 26.2 Å². The molecule has 0 aliphatic heterocycles. The van der Waals surface area contributed by atoms with E-state index >= 15 is 0 Å². The fourth-order valence-corrected chi connectivity index (χ4v) is 3.29. The maximum absolute atomic E-state index is 12.5. The van der Waals surface area contributed by atoms with Crippen molar-refractivity contribution in [1.82, 2.24) is 9.62 Å². The summed E-state index contributed by atoms with van der Waals surface area (Å²) in [6, 6.07) is 14.5. The molecule has 0 atom stereocenters. The maximum Gasteiger partial charge on any atom is 0.251 e. The fraction of sp³-hybridized carbons (Fsp3) is 0.176. The predicted octanol–water partition coefficient (Wildman–Crippen LogP) is 1.74. The van der Waals surface area contributed by atoms with Crippen LogP contribution >= 0.6 is 0 Å². The first-order valence-electron chi connectivity index (χ1n) is 7.16. The zero-order chi connectivity index (χ0) is 17.7. The van der Waals surface area contributed by atoms with Gasteiger partial charge in [-0.25, -0.2) is 8.42 Å². The molecule has 0 fully saturated rings. The SMILES string of the molecule is CNC(=O)c1ccc(CN(C)S(=O)(=O)c2ccc(C#N)cc2)cc1. The van der Waals surface area contributed by atoms with Crippen LogP contribution in [0.5, 0.6) is 0 Å².